The van der Waals surface area contributed by atoms with Crippen LogP contribution in [0.25, 0.3) is 0 Å². The number of carboxylic acid groups (broad SMARTS) is 1. The number of halogens is 2. The summed E-state index contributed by atoms with van der Waals surface area (Å²) in [4.78, 5) is 24.5. The number of anilines is 1. The minimum absolute atomic E-state index is 0.230. The van der Waals surface area contributed by atoms with E-state index in [1.807, 2.05) is 0 Å². The van der Waals surface area contributed by atoms with Crippen molar-refractivity contribution in [2.24, 2.45) is 5.41 Å². The maximum absolute atomic E-state index is 13.5. The zero-order valence-electron chi connectivity index (χ0n) is 11.5. The van der Waals surface area contributed by atoms with Crippen molar-refractivity contribution in [2.45, 2.75) is 19.8 Å². The number of carbonyl (C=O) groups is 2. The van der Waals surface area contributed by atoms with Crippen LogP contribution in [0.5, 0.6) is 0 Å². The lowest BCUT2D eigenvalue weighted by Crippen LogP contribution is -2.46. The van der Waals surface area contributed by atoms with Gasteiger partial charge in [-0.3, -0.25) is 4.79 Å². The lowest BCUT2D eigenvalue weighted by molar-refractivity contribution is -0.150. The van der Waals surface area contributed by atoms with E-state index in [1.165, 1.54) is 17.0 Å². The number of rotatable bonds is 2. The number of hydrogen-bond acceptors (Lipinski definition) is 2. The van der Waals surface area contributed by atoms with Gasteiger partial charge in [0.15, 0.2) is 11.6 Å². The van der Waals surface area contributed by atoms with Crippen molar-refractivity contribution in [3.63, 3.8) is 0 Å². The molecule has 1 aromatic rings. The maximum atomic E-state index is 13.5. The minimum Gasteiger partial charge on any atom is -0.481 e. The van der Waals surface area contributed by atoms with Crippen LogP contribution in [-0.2, 0) is 4.79 Å². The van der Waals surface area contributed by atoms with Gasteiger partial charge in [0.25, 0.3) is 0 Å². The van der Waals surface area contributed by atoms with Crippen molar-refractivity contribution >= 4 is 17.7 Å². The molecule has 2 rings (SSSR count). The normalized spacial score (nSPS) is 17.4. The van der Waals surface area contributed by atoms with Crippen LogP contribution in [0.1, 0.15) is 19.8 Å². The number of aliphatic carboxylic acids is 1. The first-order valence-electron chi connectivity index (χ1n) is 6.57. The van der Waals surface area contributed by atoms with E-state index >= 15 is 0 Å². The topological polar surface area (TPSA) is 69.6 Å². The third-order valence-electron chi connectivity index (χ3n) is 3.86. The van der Waals surface area contributed by atoms with Gasteiger partial charge in [-0.1, -0.05) is 6.07 Å². The van der Waals surface area contributed by atoms with Crippen molar-refractivity contribution in [2.75, 3.05) is 18.4 Å². The van der Waals surface area contributed by atoms with Crippen LogP contribution in [-0.4, -0.2) is 35.1 Å². The number of carboxylic acids is 1. The highest BCUT2D eigenvalue weighted by molar-refractivity contribution is 5.89. The molecular formula is C14H16F2N2O3. The molecule has 0 aromatic heterocycles. The first kappa shape index (κ1) is 15.2. The molecule has 0 unspecified atom stereocenters. The average molecular weight is 298 g/mol. The lowest BCUT2D eigenvalue weighted by Gasteiger charge is -2.36. The van der Waals surface area contributed by atoms with Crippen LogP contribution in [0.4, 0.5) is 19.3 Å². The van der Waals surface area contributed by atoms with E-state index in [0.717, 1.165) is 6.07 Å². The van der Waals surface area contributed by atoms with Gasteiger partial charge in [-0.2, -0.15) is 0 Å². The summed E-state index contributed by atoms with van der Waals surface area (Å²) in [6.07, 6.45) is 0.642. The Morgan fingerprint density at radius 1 is 1.29 bits per heavy atom. The first-order valence-corrected chi connectivity index (χ1v) is 6.57. The Bertz CT molecular complexity index is 569. The molecule has 0 aliphatic carbocycles. The second-order valence-corrected chi connectivity index (χ2v) is 5.38. The molecule has 0 radical (unpaired) electrons. The monoisotopic (exact) mass is 298 g/mol. The van der Waals surface area contributed by atoms with Crippen LogP contribution in [0.3, 0.4) is 0 Å². The van der Waals surface area contributed by atoms with Crippen LogP contribution >= 0.6 is 0 Å². The molecule has 5 nitrogen and oxygen atoms in total. The molecule has 1 heterocycles. The Kier molecular flexibility index (Phi) is 4.11. The second kappa shape index (κ2) is 5.67. The number of amides is 2. The third kappa shape index (κ3) is 3.12. The van der Waals surface area contributed by atoms with Crippen molar-refractivity contribution in [1.29, 1.82) is 0 Å². The summed E-state index contributed by atoms with van der Waals surface area (Å²) >= 11 is 0. The van der Waals surface area contributed by atoms with Gasteiger partial charge in [0, 0.05) is 13.1 Å². The molecule has 2 N–H and O–H groups in total. The Morgan fingerprint density at radius 3 is 2.48 bits per heavy atom. The second-order valence-electron chi connectivity index (χ2n) is 5.38. The zero-order chi connectivity index (χ0) is 15.6. The van der Waals surface area contributed by atoms with E-state index in [9.17, 15) is 18.4 Å². The number of likely N-dealkylation sites (tertiary alicyclic amines) is 1. The van der Waals surface area contributed by atoms with Gasteiger partial charge < -0.3 is 15.3 Å². The minimum atomic E-state index is -1.11. The van der Waals surface area contributed by atoms with Gasteiger partial charge in [0.1, 0.15) is 0 Å². The smallest absolute Gasteiger partial charge is 0.321 e. The van der Waals surface area contributed by atoms with Gasteiger partial charge in [-0.15, -0.1) is 0 Å². The Morgan fingerprint density at radius 2 is 1.90 bits per heavy atom. The highest BCUT2D eigenvalue weighted by Crippen LogP contribution is 2.31. The Balaban J connectivity index is 2.00. The van der Waals surface area contributed by atoms with Gasteiger partial charge in [-0.05, 0) is 31.9 Å². The molecule has 0 saturated carbocycles. The van der Waals surface area contributed by atoms with Gasteiger partial charge >= 0.3 is 12.0 Å². The molecule has 114 valence electrons. The molecule has 1 aliphatic heterocycles. The summed E-state index contributed by atoms with van der Waals surface area (Å²) in [5.41, 5.74) is -1.08. The van der Waals surface area contributed by atoms with E-state index in [0.29, 0.717) is 12.8 Å². The van der Waals surface area contributed by atoms with Crippen molar-refractivity contribution in [1.82, 2.24) is 4.90 Å². The van der Waals surface area contributed by atoms with E-state index in [2.05, 4.69) is 5.32 Å². The summed E-state index contributed by atoms with van der Waals surface area (Å²) in [7, 11) is 0. The summed E-state index contributed by atoms with van der Waals surface area (Å²) in [6.45, 7) is 2.15. The number of piperidine rings is 1. The van der Waals surface area contributed by atoms with Gasteiger partial charge in [0.05, 0.1) is 11.1 Å². The average Bonchev–Trinajstić information content (AvgIpc) is 2.44. The zero-order valence-corrected chi connectivity index (χ0v) is 11.5. The van der Waals surface area contributed by atoms with E-state index in [1.54, 1.807) is 6.92 Å². The largest absolute Gasteiger partial charge is 0.481 e. The third-order valence-corrected chi connectivity index (χ3v) is 3.86. The number of nitrogens with one attached hydrogen (secondary N) is 1. The predicted octanol–water partition coefficient (Wildman–Crippen LogP) is 2.68. The quantitative estimate of drug-likeness (QED) is 0.882. The van der Waals surface area contributed by atoms with Crippen LogP contribution < -0.4 is 5.32 Å². The summed E-state index contributed by atoms with van der Waals surface area (Å²) < 4.78 is 26.5. The highest BCUT2D eigenvalue weighted by atomic mass is 19.2. The van der Waals surface area contributed by atoms with E-state index in [4.69, 9.17) is 5.11 Å². The number of nitrogens with zero attached hydrogens (tertiary/aromatic N) is 1. The van der Waals surface area contributed by atoms with Crippen molar-refractivity contribution in [3.8, 4) is 0 Å². The van der Waals surface area contributed by atoms with Crippen molar-refractivity contribution in [3.05, 3.63) is 29.8 Å². The summed E-state index contributed by atoms with van der Waals surface area (Å²) in [5.74, 6) is -3.04. The SMILES string of the molecule is CC1(C(=O)O)CCN(C(=O)Nc2cccc(F)c2F)CC1. The molecule has 0 bridgehead atoms. The summed E-state index contributed by atoms with van der Waals surface area (Å²) in [6, 6.07) is 2.96. The maximum Gasteiger partial charge on any atom is 0.321 e. The Hall–Kier alpha value is -2.18. The lowest BCUT2D eigenvalue weighted by atomic mass is 9.80. The molecule has 1 saturated heterocycles. The number of carbonyl (C=O) groups excluding carboxylic acids is 1. The number of urea groups is 1. The van der Waals surface area contributed by atoms with Gasteiger partial charge in [-0.25, -0.2) is 13.6 Å². The first-order chi connectivity index (χ1) is 9.83. The molecule has 21 heavy (non-hydrogen) atoms. The summed E-state index contributed by atoms with van der Waals surface area (Å²) in [5, 5.41) is 11.4. The highest BCUT2D eigenvalue weighted by Gasteiger charge is 2.38. The van der Waals surface area contributed by atoms with E-state index in [-0.39, 0.29) is 18.8 Å². The molecule has 1 fully saturated rings. The fourth-order valence-corrected chi connectivity index (χ4v) is 2.21. The molecular weight excluding hydrogens is 282 g/mol. The molecule has 1 aromatic carbocycles. The van der Waals surface area contributed by atoms with E-state index < -0.39 is 29.0 Å². The van der Waals surface area contributed by atoms with Crippen LogP contribution in [0, 0.1) is 17.0 Å². The molecule has 0 spiro atoms. The molecule has 7 heteroatoms. The fourth-order valence-electron chi connectivity index (χ4n) is 2.21. The van der Waals surface area contributed by atoms with Crippen LogP contribution in [0.15, 0.2) is 18.2 Å². The molecule has 2 amide bonds. The van der Waals surface area contributed by atoms with Crippen LogP contribution in [0.2, 0.25) is 0 Å². The number of benzene rings is 1. The fraction of sp³-hybridized carbons (Fsp3) is 0.429. The Labute approximate surface area is 120 Å². The van der Waals surface area contributed by atoms with Crippen molar-refractivity contribution < 1.29 is 23.5 Å². The standard InChI is InChI=1S/C14H16F2N2O3/c1-14(12(19)20)5-7-18(8-6-14)13(21)17-10-4-2-3-9(15)11(10)16/h2-4H,5-8H2,1H3,(H,17,21)(H,19,20). The van der Waals surface area contributed by atoms with Gasteiger partial charge in [0.2, 0.25) is 0 Å². The molecule has 1 aliphatic rings. The number of hydrogen-bond donors (Lipinski definition) is 2. The molecule has 0 atom stereocenters. The predicted molar refractivity (Wildman–Crippen MR) is 71.9 cm³/mol.